The van der Waals surface area contributed by atoms with Crippen molar-refractivity contribution in [1.82, 2.24) is 19.2 Å². The molecule has 3 aromatic rings. The first-order valence-corrected chi connectivity index (χ1v) is 9.76. The van der Waals surface area contributed by atoms with Gasteiger partial charge >= 0.3 is 0 Å². The molecule has 28 heavy (non-hydrogen) atoms. The van der Waals surface area contributed by atoms with E-state index in [1.807, 2.05) is 39.4 Å². The average Bonchev–Trinajstić information content (AvgIpc) is 3.04. The van der Waals surface area contributed by atoms with Gasteiger partial charge in [0, 0.05) is 32.4 Å². The Morgan fingerprint density at radius 2 is 2.04 bits per heavy atom. The molecule has 0 fully saturated rings. The number of pyridine rings is 1. The lowest BCUT2D eigenvalue weighted by Crippen LogP contribution is -2.37. The van der Waals surface area contributed by atoms with Gasteiger partial charge in [-0.3, -0.25) is 9.69 Å². The molecule has 0 spiro atoms. The van der Waals surface area contributed by atoms with Gasteiger partial charge in [0.2, 0.25) is 0 Å². The average molecular weight is 399 g/mol. The number of aliphatic hydroxyl groups excluding tert-OH is 1. The van der Waals surface area contributed by atoms with E-state index in [1.165, 1.54) is 11.1 Å². The van der Waals surface area contributed by atoms with E-state index in [4.69, 9.17) is 11.6 Å². The van der Waals surface area contributed by atoms with E-state index in [0.29, 0.717) is 42.5 Å². The molecule has 0 radical (unpaired) electrons. The Bertz CT molecular complexity index is 1020. The van der Waals surface area contributed by atoms with Crippen molar-refractivity contribution < 1.29 is 9.90 Å². The number of imidazole rings is 1. The highest BCUT2D eigenvalue weighted by molar-refractivity contribution is 6.30. The zero-order valence-electron chi connectivity index (χ0n) is 15.8. The van der Waals surface area contributed by atoms with Crippen molar-refractivity contribution in [2.45, 2.75) is 19.5 Å². The monoisotopic (exact) mass is 398 g/mol. The van der Waals surface area contributed by atoms with E-state index in [9.17, 15) is 9.90 Å². The maximum atomic E-state index is 13.4. The van der Waals surface area contributed by atoms with Crippen LogP contribution in [0.5, 0.6) is 0 Å². The number of aromatic nitrogens is 2. The van der Waals surface area contributed by atoms with E-state index in [-0.39, 0.29) is 12.5 Å². The number of aliphatic hydroxyl groups is 1. The molecule has 1 amide bonds. The normalized spacial score (nSPS) is 13.9. The molecule has 6 nitrogen and oxygen atoms in total. The molecule has 1 aliphatic rings. The second kappa shape index (κ2) is 7.91. The molecule has 146 valence electrons. The lowest BCUT2D eigenvalue weighted by Gasteiger charge is -2.28. The van der Waals surface area contributed by atoms with Gasteiger partial charge in [0.1, 0.15) is 5.65 Å². The SMILES string of the molecule is CN(CCO)Cc1c(C(=O)N2CCc3ccccc3C2)nc2ccc(Cl)cn12. The molecule has 2 aromatic heterocycles. The van der Waals surface area contributed by atoms with Crippen LogP contribution >= 0.6 is 11.6 Å². The first-order chi connectivity index (χ1) is 13.6. The smallest absolute Gasteiger partial charge is 0.274 e. The molecule has 0 saturated carbocycles. The molecule has 3 heterocycles. The van der Waals surface area contributed by atoms with Crippen LogP contribution < -0.4 is 0 Å². The van der Waals surface area contributed by atoms with Crippen LogP contribution in [-0.2, 0) is 19.5 Å². The zero-order chi connectivity index (χ0) is 19.7. The van der Waals surface area contributed by atoms with Gasteiger partial charge < -0.3 is 14.4 Å². The standard InChI is InChI=1S/C21H23ClN4O2/c1-24(10-11-27)14-18-20(23-19-7-6-17(22)13-26(18)19)21(28)25-9-8-15-4-2-3-5-16(15)12-25/h2-7,13,27H,8-12,14H2,1H3. The van der Waals surface area contributed by atoms with Gasteiger partial charge in [0.05, 0.1) is 17.3 Å². The molecule has 0 unspecified atom stereocenters. The van der Waals surface area contributed by atoms with E-state index in [0.717, 1.165) is 12.1 Å². The lowest BCUT2D eigenvalue weighted by atomic mass is 9.99. The predicted octanol–water partition coefficient (Wildman–Crippen LogP) is 2.61. The molecule has 7 heteroatoms. The minimum absolute atomic E-state index is 0.0557. The summed E-state index contributed by atoms with van der Waals surface area (Å²) in [5, 5.41) is 9.82. The van der Waals surface area contributed by atoms with Crippen molar-refractivity contribution in [3.05, 3.63) is 70.1 Å². The van der Waals surface area contributed by atoms with Crippen LogP contribution in [0.2, 0.25) is 5.02 Å². The Balaban J connectivity index is 1.70. The number of amides is 1. The maximum absolute atomic E-state index is 13.4. The molecule has 0 atom stereocenters. The van der Waals surface area contributed by atoms with E-state index in [2.05, 4.69) is 17.1 Å². The largest absolute Gasteiger partial charge is 0.395 e. The van der Waals surface area contributed by atoms with Crippen LogP contribution in [0, 0.1) is 0 Å². The Morgan fingerprint density at radius 1 is 1.25 bits per heavy atom. The van der Waals surface area contributed by atoms with E-state index >= 15 is 0 Å². The number of hydrogen-bond acceptors (Lipinski definition) is 4. The van der Waals surface area contributed by atoms with Crippen LogP contribution in [-0.4, -0.2) is 56.9 Å². The molecule has 0 aliphatic carbocycles. The third-order valence-corrected chi connectivity index (χ3v) is 5.43. The number of rotatable bonds is 5. The minimum atomic E-state index is -0.0678. The van der Waals surface area contributed by atoms with Crippen molar-refractivity contribution in [3.8, 4) is 0 Å². The zero-order valence-corrected chi connectivity index (χ0v) is 16.6. The van der Waals surface area contributed by atoms with E-state index < -0.39 is 0 Å². The Labute approximate surface area is 169 Å². The Kier molecular flexibility index (Phi) is 5.35. The number of carbonyl (C=O) groups excluding carboxylic acids is 1. The van der Waals surface area contributed by atoms with Crippen LogP contribution in [0.3, 0.4) is 0 Å². The van der Waals surface area contributed by atoms with Crippen molar-refractivity contribution in [1.29, 1.82) is 0 Å². The fraction of sp³-hybridized carbons (Fsp3) is 0.333. The number of hydrogen-bond donors (Lipinski definition) is 1. The van der Waals surface area contributed by atoms with Crippen LogP contribution in [0.25, 0.3) is 5.65 Å². The first-order valence-electron chi connectivity index (χ1n) is 9.39. The quantitative estimate of drug-likeness (QED) is 0.717. The molecular weight excluding hydrogens is 376 g/mol. The van der Waals surface area contributed by atoms with Crippen molar-refractivity contribution >= 4 is 23.2 Å². The summed E-state index contributed by atoms with van der Waals surface area (Å²) in [6.45, 7) is 2.33. The highest BCUT2D eigenvalue weighted by Crippen LogP contribution is 2.23. The minimum Gasteiger partial charge on any atom is -0.395 e. The molecule has 0 bridgehead atoms. The predicted molar refractivity (Wildman–Crippen MR) is 109 cm³/mol. The number of halogens is 1. The summed E-state index contributed by atoms with van der Waals surface area (Å²) < 4.78 is 1.88. The van der Waals surface area contributed by atoms with Gasteiger partial charge in [-0.25, -0.2) is 4.98 Å². The Hall–Kier alpha value is -2.41. The molecular formula is C21H23ClN4O2. The summed E-state index contributed by atoms with van der Waals surface area (Å²) in [5.41, 5.74) is 4.42. The summed E-state index contributed by atoms with van der Waals surface area (Å²) in [7, 11) is 1.91. The van der Waals surface area contributed by atoms with Crippen molar-refractivity contribution in [2.75, 3.05) is 26.7 Å². The number of likely N-dealkylation sites (N-methyl/N-ethyl adjacent to an activating group) is 1. The third kappa shape index (κ3) is 3.63. The third-order valence-electron chi connectivity index (χ3n) is 5.20. The summed E-state index contributed by atoms with van der Waals surface area (Å²) in [6.07, 6.45) is 2.63. The Morgan fingerprint density at radius 3 is 2.82 bits per heavy atom. The maximum Gasteiger partial charge on any atom is 0.274 e. The van der Waals surface area contributed by atoms with Gasteiger partial charge in [0.15, 0.2) is 5.69 Å². The number of nitrogens with zero attached hydrogens (tertiary/aromatic N) is 4. The molecule has 1 N–H and O–H groups in total. The highest BCUT2D eigenvalue weighted by atomic mass is 35.5. The summed E-state index contributed by atoms with van der Waals surface area (Å²) in [6, 6.07) is 11.8. The summed E-state index contributed by atoms with van der Waals surface area (Å²) in [5.74, 6) is -0.0678. The fourth-order valence-corrected chi connectivity index (χ4v) is 3.87. The van der Waals surface area contributed by atoms with Crippen LogP contribution in [0.4, 0.5) is 0 Å². The lowest BCUT2D eigenvalue weighted by molar-refractivity contribution is 0.0727. The van der Waals surface area contributed by atoms with Gasteiger partial charge in [-0.2, -0.15) is 0 Å². The van der Waals surface area contributed by atoms with Crippen molar-refractivity contribution in [2.24, 2.45) is 0 Å². The van der Waals surface area contributed by atoms with E-state index in [1.54, 1.807) is 12.3 Å². The number of benzene rings is 1. The van der Waals surface area contributed by atoms with Gasteiger partial charge in [-0.1, -0.05) is 35.9 Å². The fourth-order valence-electron chi connectivity index (χ4n) is 3.71. The first kappa shape index (κ1) is 18.9. The number of carbonyl (C=O) groups is 1. The highest BCUT2D eigenvalue weighted by Gasteiger charge is 2.27. The summed E-state index contributed by atoms with van der Waals surface area (Å²) in [4.78, 5) is 21.8. The van der Waals surface area contributed by atoms with Crippen molar-refractivity contribution in [3.63, 3.8) is 0 Å². The van der Waals surface area contributed by atoms with Gasteiger partial charge in [-0.05, 0) is 36.7 Å². The second-order valence-corrected chi connectivity index (χ2v) is 7.63. The molecule has 1 aromatic carbocycles. The van der Waals surface area contributed by atoms with Crippen LogP contribution in [0.1, 0.15) is 27.3 Å². The topological polar surface area (TPSA) is 61.1 Å². The molecule has 1 aliphatic heterocycles. The molecule has 4 rings (SSSR count). The number of fused-ring (bicyclic) bond motifs is 2. The van der Waals surface area contributed by atoms with Gasteiger partial charge in [-0.15, -0.1) is 0 Å². The second-order valence-electron chi connectivity index (χ2n) is 7.19. The van der Waals surface area contributed by atoms with Gasteiger partial charge in [0.25, 0.3) is 5.91 Å². The molecule has 0 saturated heterocycles. The summed E-state index contributed by atoms with van der Waals surface area (Å²) >= 11 is 6.18. The van der Waals surface area contributed by atoms with Crippen LogP contribution in [0.15, 0.2) is 42.6 Å².